The first-order valence-electron chi connectivity index (χ1n) is 6.81. The number of aromatic nitrogens is 1. The van der Waals surface area contributed by atoms with Gasteiger partial charge in [-0.3, -0.25) is 4.79 Å². The van der Waals surface area contributed by atoms with E-state index in [1.54, 1.807) is 0 Å². The molecule has 0 bridgehead atoms. The van der Waals surface area contributed by atoms with Gasteiger partial charge in [-0.1, -0.05) is 11.6 Å². The van der Waals surface area contributed by atoms with Crippen molar-refractivity contribution in [3.63, 3.8) is 0 Å². The molecule has 1 aliphatic rings. The molecular weight excluding hydrogens is 326 g/mol. The van der Waals surface area contributed by atoms with Crippen molar-refractivity contribution < 1.29 is 4.79 Å². The Morgan fingerprint density at radius 1 is 1.52 bits per heavy atom. The summed E-state index contributed by atoms with van der Waals surface area (Å²) in [5, 5.41) is 0.863. The van der Waals surface area contributed by atoms with Crippen LogP contribution >= 0.6 is 34.3 Å². The monoisotopic (exact) mass is 341 g/mol. The van der Waals surface area contributed by atoms with E-state index in [1.165, 1.54) is 22.7 Å². The Bertz CT molecular complexity index is 667. The standard InChI is InChI=1S/C14H16ClN3OS2/c1-8-12(14(19)18-5-4-9(6-16)7-18)21-13(17-8)10-2-3-11(15)20-10/h2-3,9H,4-7,16H2,1H3/t9-/m1/s1. The van der Waals surface area contributed by atoms with Gasteiger partial charge >= 0.3 is 0 Å². The quantitative estimate of drug-likeness (QED) is 0.932. The van der Waals surface area contributed by atoms with Crippen LogP contribution in [-0.2, 0) is 0 Å². The van der Waals surface area contributed by atoms with Gasteiger partial charge in [0.2, 0.25) is 0 Å². The highest BCUT2D eigenvalue weighted by molar-refractivity contribution is 7.24. The maximum absolute atomic E-state index is 12.6. The van der Waals surface area contributed by atoms with E-state index in [0.717, 1.165) is 44.3 Å². The van der Waals surface area contributed by atoms with E-state index in [2.05, 4.69) is 4.98 Å². The molecule has 1 amide bonds. The smallest absolute Gasteiger partial charge is 0.265 e. The largest absolute Gasteiger partial charge is 0.338 e. The Balaban J connectivity index is 1.83. The van der Waals surface area contributed by atoms with Crippen molar-refractivity contribution in [2.24, 2.45) is 11.7 Å². The van der Waals surface area contributed by atoms with Crippen LogP contribution in [0.2, 0.25) is 4.34 Å². The van der Waals surface area contributed by atoms with Gasteiger partial charge in [-0.2, -0.15) is 0 Å². The maximum Gasteiger partial charge on any atom is 0.265 e. The molecule has 2 aromatic heterocycles. The molecule has 1 aliphatic heterocycles. The average Bonchev–Trinajstić information content (AvgIpc) is 3.17. The predicted octanol–water partition coefficient (Wildman–Crippen LogP) is 3.25. The molecule has 2 aromatic rings. The summed E-state index contributed by atoms with van der Waals surface area (Å²) in [5.41, 5.74) is 6.48. The first-order chi connectivity index (χ1) is 10.1. The van der Waals surface area contributed by atoms with Crippen LogP contribution in [0.1, 0.15) is 21.8 Å². The lowest BCUT2D eigenvalue weighted by molar-refractivity contribution is 0.0791. The van der Waals surface area contributed by atoms with Gasteiger partial charge in [0.15, 0.2) is 0 Å². The summed E-state index contributed by atoms with van der Waals surface area (Å²) in [6, 6.07) is 3.80. The molecule has 4 nitrogen and oxygen atoms in total. The highest BCUT2D eigenvalue weighted by Gasteiger charge is 2.28. The van der Waals surface area contributed by atoms with Crippen LogP contribution in [0.25, 0.3) is 9.88 Å². The van der Waals surface area contributed by atoms with Gasteiger partial charge in [0.1, 0.15) is 9.88 Å². The lowest BCUT2D eigenvalue weighted by Crippen LogP contribution is -2.29. The van der Waals surface area contributed by atoms with Crippen molar-refractivity contribution in [2.75, 3.05) is 19.6 Å². The van der Waals surface area contributed by atoms with Crippen molar-refractivity contribution in [3.8, 4) is 9.88 Å². The Labute approximate surface area is 136 Å². The van der Waals surface area contributed by atoms with E-state index in [0.29, 0.717) is 12.5 Å². The minimum Gasteiger partial charge on any atom is -0.338 e. The molecular formula is C14H16ClN3OS2. The number of hydrogen-bond acceptors (Lipinski definition) is 5. The van der Waals surface area contributed by atoms with Gasteiger partial charge in [0, 0.05) is 13.1 Å². The zero-order valence-corrected chi connectivity index (χ0v) is 14.0. The number of nitrogens with two attached hydrogens (primary N) is 1. The highest BCUT2D eigenvalue weighted by atomic mass is 35.5. The minimum absolute atomic E-state index is 0.0786. The SMILES string of the molecule is Cc1nc(-c2ccc(Cl)s2)sc1C(=O)N1CC[C@H](CN)C1. The Kier molecular flexibility index (Phi) is 4.31. The maximum atomic E-state index is 12.6. The van der Waals surface area contributed by atoms with E-state index in [1.807, 2.05) is 24.0 Å². The Hall–Kier alpha value is -0.950. The molecule has 2 N–H and O–H groups in total. The second-order valence-electron chi connectivity index (χ2n) is 5.18. The molecule has 0 unspecified atom stereocenters. The van der Waals surface area contributed by atoms with Gasteiger partial charge in [0.25, 0.3) is 5.91 Å². The Morgan fingerprint density at radius 3 is 2.95 bits per heavy atom. The topological polar surface area (TPSA) is 59.2 Å². The second kappa shape index (κ2) is 6.04. The molecule has 0 saturated carbocycles. The van der Waals surface area contributed by atoms with E-state index in [-0.39, 0.29) is 5.91 Å². The minimum atomic E-state index is 0.0786. The first-order valence-corrected chi connectivity index (χ1v) is 8.82. The third-order valence-electron chi connectivity index (χ3n) is 3.68. The normalized spacial score (nSPS) is 18.4. The van der Waals surface area contributed by atoms with Crippen LogP contribution in [0.4, 0.5) is 0 Å². The van der Waals surface area contributed by atoms with Crippen LogP contribution in [0, 0.1) is 12.8 Å². The van der Waals surface area contributed by atoms with E-state index in [9.17, 15) is 4.79 Å². The van der Waals surface area contributed by atoms with Gasteiger partial charge < -0.3 is 10.6 Å². The molecule has 1 atom stereocenters. The van der Waals surface area contributed by atoms with Crippen LogP contribution in [0.5, 0.6) is 0 Å². The molecule has 7 heteroatoms. The van der Waals surface area contributed by atoms with Crippen molar-refractivity contribution in [1.29, 1.82) is 0 Å². The number of nitrogens with zero attached hydrogens (tertiary/aromatic N) is 2. The van der Waals surface area contributed by atoms with Gasteiger partial charge in [-0.15, -0.1) is 22.7 Å². The predicted molar refractivity (Wildman–Crippen MR) is 88.2 cm³/mol. The summed E-state index contributed by atoms with van der Waals surface area (Å²) in [6.45, 7) is 4.08. The number of thiazole rings is 1. The summed E-state index contributed by atoms with van der Waals surface area (Å²) >= 11 is 8.89. The van der Waals surface area contributed by atoms with Crippen molar-refractivity contribution in [3.05, 3.63) is 27.0 Å². The fourth-order valence-electron chi connectivity index (χ4n) is 2.48. The number of likely N-dealkylation sites (tertiary alicyclic amines) is 1. The number of rotatable bonds is 3. The van der Waals surface area contributed by atoms with Crippen molar-refractivity contribution >= 4 is 40.2 Å². The number of aryl methyl sites for hydroxylation is 1. The number of hydrogen-bond donors (Lipinski definition) is 1. The van der Waals surface area contributed by atoms with Crippen molar-refractivity contribution in [1.82, 2.24) is 9.88 Å². The molecule has 21 heavy (non-hydrogen) atoms. The first kappa shape index (κ1) is 15.0. The average molecular weight is 342 g/mol. The van der Waals surface area contributed by atoms with E-state index < -0.39 is 0 Å². The summed E-state index contributed by atoms with van der Waals surface area (Å²) in [4.78, 5) is 20.8. The number of carbonyl (C=O) groups is 1. The van der Waals surface area contributed by atoms with Crippen molar-refractivity contribution in [2.45, 2.75) is 13.3 Å². The molecule has 0 aromatic carbocycles. The van der Waals surface area contributed by atoms with Crippen LogP contribution in [0.15, 0.2) is 12.1 Å². The molecule has 1 fully saturated rings. The van der Waals surface area contributed by atoms with E-state index >= 15 is 0 Å². The number of amides is 1. The molecule has 0 aliphatic carbocycles. The molecule has 0 spiro atoms. The van der Waals surface area contributed by atoms with E-state index in [4.69, 9.17) is 17.3 Å². The summed E-state index contributed by atoms with van der Waals surface area (Å²) in [7, 11) is 0. The summed E-state index contributed by atoms with van der Waals surface area (Å²) in [5.74, 6) is 0.507. The fourth-order valence-corrected chi connectivity index (χ4v) is 4.61. The Morgan fingerprint density at radius 2 is 2.33 bits per heavy atom. The molecule has 3 heterocycles. The third kappa shape index (κ3) is 2.99. The molecule has 0 radical (unpaired) electrons. The molecule has 112 valence electrons. The van der Waals surface area contributed by atoms with Gasteiger partial charge in [-0.05, 0) is 37.9 Å². The van der Waals surface area contributed by atoms with Gasteiger partial charge in [0.05, 0.1) is 14.9 Å². The number of halogens is 1. The zero-order valence-electron chi connectivity index (χ0n) is 11.6. The van der Waals surface area contributed by atoms with Crippen LogP contribution in [-0.4, -0.2) is 35.4 Å². The van der Waals surface area contributed by atoms with Crippen LogP contribution in [0.3, 0.4) is 0 Å². The fraction of sp³-hybridized carbons (Fsp3) is 0.429. The number of thiophene rings is 1. The number of carbonyl (C=O) groups excluding carboxylic acids is 1. The lowest BCUT2D eigenvalue weighted by atomic mass is 10.1. The van der Waals surface area contributed by atoms with Crippen LogP contribution < -0.4 is 5.73 Å². The lowest BCUT2D eigenvalue weighted by Gasteiger charge is -2.15. The second-order valence-corrected chi connectivity index (χ2v) is 7.89. The summed E-state index contributed by atoms with van der Waals surface area (Å²) in [6.07, 6.45) is 0.994. The van der Waals surface area contributed by atoms with Gasteiger partial charge in [-0.25, -0.2) is 4.98 Å². The third-order valence-corrected chi connectivity index (χ3v) is 6.23. The molecule has 1 saturated heterocycles. The zero-order chi connectivity index (χ0) is 15.0. The molecule has 3 rings (SSSR count). The highest BCUT2D eigenvalue weighted by Crippen LogP contribution is 2.35. The summed E-state index contributed by atoms with van der Waals surface area (Å²) < 4.78 is 0.732.